The molecule has 0 bridgehead atoms. The first kappa shape index (κ1) is 14.1. The summed E-state index contributed by atoms with van der Waals surface area (Å²) in [6, 6.07) is 6.13. The molecular formula is C17H23N3O. The van der Waals surface area contributed by atoms with Gasteiger partial charge in [0.05, 0.1) is 18.1 Å². The number of hydrogen-bond donors (Lipinski definition) is 1. The molecule has 0 amide bonds. The van der Waals surface area contributed by atoms with Crippen LogP contribution in [-0.4, -0.2) is 29.8 Å². The number of fused-ring (bicyclic) bond motifs is 1. The van der Waals surface area contributed by atoms with E-state index in [2.05, 4.69) is 29.5 Å². The number of benzene rings is 1. The highest BCUT2D eigenvalue weighted by Gasteiger charge is 2.22. The summed E-state index contributed by atoms with van der Waals surface area (Å²) in [5.74, 6) is 2.59. The third-order valence-corrected chi connectivity index (χ3v) is 4.12. The van der Waals surface area contributed by atoms with Gasteiger partial charge < -0.3 is 14.6 Å². The minimum Gasteiger partial charge on any atom is -0.497 e. The highest BCUT2D eigenvalue weighted by atomic mass is 16.5. The number of hydrogen-bond acceptors (Lipinski definition) is 3. The molecule has 0 spiro atoms. The van der Waals surface area contributed by atoms with Gasteiger partial charge in [-0.3, -0.25) is 0 Å². The molecule has 0 atom stereocenters. The lowest BCUT2D eigenvalue weighted by atomic mass is 9.97. The molecule has 112 valence electrons. The Balaban J connectivity index is 2.09. The van der Waals surface area contributed by atoms with Gasteiger partial charge in [-0.15, -0.1) is 0 Å². The molecule has 0 saturated carbocycles. The Morgan fingerprint density at radius 2 is 2.19 bits per heavy atom. The van der Waals surface area contributed by atoms with Gasteiger partial charge in [0.1, 0.15) is 11.6 Å². The van der Waals surface area contributed by atoms with E-state index in [1.807, 2.05) is 12.1 Å². The number of ether oxygens (including phenoxy) is 1. The van der Waals surface area contributed by atoms with Gasteiger partial charge in [0.25, 0.3) is 0 Å². The van der Waals surface area contributed by atoms with E-state index in [0.29, 0.717) is 5.92 Å². The van der Waals surface area contributed by atoms with E-state index >= 15 is 0 Å². The van der Waals surface area contributed by atoms with Gasteiger partial charge in [0.15, 0.2) is 0 Å². The Morgan fingerprint density at radius 1 is 1.43 bits per heavy atom. The van der Waals surface area contributed by atoms with Crippen LogP contribution >= 0.6 is 0 Å². The van der Waals surface area contributed by atoms with Crippen molar-refractivity contribution in [2.24, 2.45) is 0 Å². The number of allylic oxidation sites excluding steroid dienone is 1. The summed E-state index contributed by atoms with van der Waals surface area (Å²) in [7, 11) is 1.69. The fourth-order valence-electron chi connectivity index (χ4n) is 3.08. The molecule has 4 heteroatoms. The summed E-state index contributed by atoms with van der Waals surface area (Å²) in [6.45, 7) is 9.12. The van der Waals surface area contributed by atoms with E-state index in [1.165, 1.54) is 11.3 Å². The summed E-state index contributed by atoms with van der Waals surface area (Å²) < 4.78 is 7.65. The number of nitrogens with one attached hydrogen (secondary N) is 1. The maximum absolute atomic E-state index is 5.32. The van der Waals surface area contributed by atoms with Crippen LogP contribution in [0.2, 0.25) is 0 Å². The van der Waals surface area contributed by atoms with Crippen molar-refractivity contribution in [3.8, 4) is 5.75 Å². The average molecular weight is 285 g/mol. The van der Waals surface area contributed by atoms with Crippen molar-refractivity contribution in [1.82, 2.24) is 14.9 Å². The first-order valence-corrected chi connectivity index (χ1v) is 7.58. The maximum Gasteiger partial charge on any atom is 0.121 e. The van der Waals surface area contributed by atoms with E-state index in [9.17, 15) is 0 Å². The lowest BCUT2D eigenvalue weighted by Crippen LogP contribution is -2.28. The normalized spacial score (nSPS) is 16.3. The maximum atomic E-state index is 5.32. The molecule has 21 heavy (non-hydrogen) atoms. The van der Waals surface area contributed by atoms with Crippen LogP contribution in [0.5, 0.6) is 5.75 Å². The number of imidazole rings is 1. The van der Waals surface area contributed by atoms with Gasteiger partial charge in [0, 0.05) is 18.5 Å². The van der Waals surface area contributed by atoms with E-state index in [1.54, 1.807) is 7.11 Å². The van der Waals surface area contributed by atoms with Gasteiger partial charge in [0.2, 0.25) is 0 Å². The second-order valence-corrected chi connectivity index (χ2v) is 5.89. The molecule has 2 heterocycles. The second kappa shape index (κ2) is 5.90. The molecular weight excluding hydrogens is 262 g/mol. The highest BCUT2D eigenvalue weighted by Crippen LogP contribution is 2.30. The monoisotopic (exact) mass is 285 g/mol. The van der Waals surface area contributed by atoms with Crippen LogP contribution in [0, 0.1) is 0 Å². The molecule has 1 aliphatic heterocycles. The summed E-state index contributed by atoms with van der Waals surface area (Å²) in [5.41, 5.74) is 3.34. The van der Waals surface area contributed by atoms with E-state index in [-0.39, 0.29) is 0 Å². The van der Waals surface area contributed by atoms with Gasteiger partial charge in [-0.25, -0.2) is 4.98 Å². The zero-order valence-electron chi connectivity index (χ0n) is 12.9. The molecule has 1 fully saturated rings. The van der Waals surface area contributed by atoms with Crippen molar-refractivity contribution in [1.29, 1.82) is 0 Å². The van der Waals surface area contributed by atoms with Gasteiger partial charge in [-0.2, -0.15) is 0 Å². The van der Waals surface area contributed by atoms with Crippen LogP contribution in [0.15, 0.2) is 30.4 Å². The Hall–Kier alpha value is -1.81. The van der Waals surface area contributed by atoms with Crippen LogP contribution in [0.25, 0.3) is 11.0 Å². The Morgan fingerprint density at radius 3 is 2.86 bits per heavy atom. The van der Waals surface area contributed by atoms with Crippen molar-refractivity contribution >= 4 is 11.0 Å². The zero-order chi connectivity index (χ0) is 14.8. The van der Waals surface area contributed by atoms with Gasteiger partial charge >= 0.3 is 0 Å². The summed E-state index contributed by atoms with van der Waals surface area (Å²) in [5, 5.41) is 3.42. The lowest BCUT2D eigenvalue weighted by Gasteiger charge is -2.23. The first-order chi connectivity index (χ1) is 10.2. The summed E-state index contributed by atoms with van der Waals surface area (Å²) >= 11 is 0. The fraction of sp³-hybridized carbons (Fsp3) is 0.471. The van der Waals surface area contributed by atoms with Gasteiger partial charge in [-0.1, -0.05) is 12.2 Å². The number of aromatic nitrogens is 2. The topological polar surface area (TPSA) is 39.1 Å². The van der Waals surface area contributed by atoms with E-state index < -0.39 is 0 Å². The molecule has 1 N–H and O–H groups in total. The molecule has 1 aromatic heterocycles. The number of nitrogens with zero attached hydrogens (tertiary/aromatic N) is 2. The minimum absolute atomic E-state index is 0.531. The minimum atomic E-state index is 0.531. The third-order valence-electron chi connectivity index (χ3n) is 4.12. The molecule has 0 radical (unpaired) electrons. The quantitative estimate of drug-likeness (QED) is 0.877. The van der Waals surface area contributed by atoms with Crippen molar-refractivity contribution < 1.29 is 4.74 Å². The Kier molecular flexibility index (Phi) is 3.97. The molecule has 4 nitrogen and oxygen atoms in total. The van der Waals surface area contributed by atoms with Crippen LogP contribution in [0.1, 0.15) is 31.5 Å². The predicted molar refractivity (Wildman–Crippen MR) is 85.9 cm³/mol. The van der Waals surface area contributed by atoms with Crippen LogP contribution in [-0.2, 0) is 6.54 Å². The third kappa shape index (κ3) is 2.81. The highest BCUT2D eigenvalue weighted by molar-refractivity contribution is 5.78. The smallest absolute Gasteiger partial charge is 0.121 e. The standard InChI is InChI=1S/C17H23N3O/c1-12(2)11-20-16-5-4-14(21-3)10-15(16)19-17(20)13-6-8-18-9-7-13/h4-5,10,13,18H,1,6-9,11H2,2-3H3. The van der Waals surface area contributed by atoms with Crippen molar-refractivity contribution in [2.75, 3.05) is 20.2 Å². The molecule has 2 aromatic rings. The number of rotatable bonds is 4. The molecule has 3 rings (SSSR count). The van der Waals surface area contributed by atoms with E-state index in [0.717, 1.165) is 49.3 Å². The largest absolute Gasteiger partial charge is 0.497 e. The summed E-state index contributed by atoms with van der Waals surface area (Å²) in [4.78, 5) is 4.91. The van der Waals surface area contributed by atoms with Gasteiger partial charge in [-0.05, 0) is 45.0 Å². The number of piperidine rings is 1. The Bertz CT molecular complexity index is 653. The Labute approximate surface area is 125 Å². The second-order valence-electron chi connectivity index (χ2n) is 5.89. The molecule has 1 saturated heterocycles. The first-order valence-electron chi connectivity index (χ1n) is 7.58. The predicted octanol–water partition coefficient (Wildman–Crippen LogP) is 3.09. The van der Waals surface area contributed by atoms with Crippen LogP contribution in [0.3, 0.4) is 0 Å². The summed E-state index contributed by atoms with van der Waals surface area (Å²) in [6.07, 6.45) is 2.30. The van der Waals surface area contributed by atoms with Crippen LogP contribution < -0.4 is 10.1 Å². The SMILES string of the molecule is C=C(C)Cn1c(C2CCNCC2)nc2cc(OC)ccc21. The van der Waals surface area contributed by atoms with E-state index in [4.69, 9.17) is 9.72 Å². The molecule has 0 aliphatic carbocycles. The fourth-order valence-corrected chi connectivity index (χ4v) is 3.08. The van der Waals surface area contributed by atoms with Crippen molar-refractivity contribution in [2.45, 2.75) is 32.2 Å². The lowest BCUT2D eigenvalue weighted by molar-refractivity contribution is 0.415. The molecule has 0 unspecified atom stereocenters. The average Bonchev–Trinajstić information content (AvgIpc) is 2.85. The molecule has 1 aromatic carbocycles. The van der Waals surface area contributed by atoms with Crippen LogP contribution in [0.4, 0.5) is 0 Å². The number of methoxy groups -OCH3 is 1. The zero-order valence-corrected chi connectivity index (χ0v) is 12.9. The molecule has 1 aliphatic rings. The van der Waals surface area contributed by atoms with Crippen molar-refractivity contribution in [3.63, 3.8) is 0 Å². The van der Waals surface area contributed by atoms with Crippen molar-refractivity contribution in [3.05, 3.63) is 36.2 Å².